The van der Waals surface area contributed by atoms with Crippen LogP contribution in [-0.4, -0.2) is 37.2 Å². The van der Waals surface area contributed by atoms with E-state index in [1.165, 1.54) is 122 Å². The van der Waals surface area contributed by atoms with Crippen LogP contribution in [-0.2, 0) is 28.6 Å². The first kappa shape index (κ1) is 47.4. The highest BCUT2D eigenvalue weighted by Gasteiger charge is 2.19. The van der Waals surface area contributed by atoms with Crippen molar-refractivity contribution < 1.29 is 28.6 Å². The van der Waals surface area contributed by atoms with Gasteiger partial charge in [-0.15, -0.1) is 0 Å². The fourth-order valence-electron chi connectivity index (χ4n) is 6.24. The number of carbonyl (C=O) groups excluding carboxylic acids is 3. The molecule has 49 heavy (non-hydrogen) atoms. The number of carbonyl (C=O) groups is 3. The van der Waals surface area contributed by atoms with Crippen LogP contribution in [0.4, 0.5) is 0 Å². The zero-order chi connectivity index (χ0) is 36.0. The quantitative estimate of drug-likeness (QED) is 0.0364. The zero-order valence-corrected chi connectivity index (χ0v) is 33.1. The molecular weight excluding hydrogens is 612 g/mol. The summed E-state index contributed by atoms with van der Waals surface area (Å²) in [4.78, 5) is 37.3. The van der Waals surface area contributed by atoms with Crippen molar-refractivity contribution in [1.29, 1.82) is 0 Å². The molecule has 0 aromatic rings. The Labute approximate surface area is 304 Å². The van der Waals surface area contributed by atoms with Gasteiger partial charge in [0.25, 0.3) is 0 Å². The van der Waals surface area contributed by atoms with Crippen LogP contribution in [0.5, 0.6) is 0 Å². The van der Waals surface area contributed by atoms with E-state index >= 15 is 0 Å². The molecule has 290 valence electrons. The van der Waals surface area contributed by atoms with Crippen molar-refractivity contribution in [2.45, 2.75) is 239 Å². The molecule has 0 aliphatic rings. The van der Waals surface area contributed by atoms with E-state index in [2.05, 4.69) is 27.7 Å². The summed E-state index contributed by atoms with van der Waals surface area (Å²) >= 11 is 0. The van der Waals surface area contributed by atoms with Gasteiger partial charge in [-0.2, -0.15) is 0 Å². The van der Waals surface area contributed by atoms with Crippen molar-refractivity contribution in [1.82, 2.24) is 0 Å². The van der Waals surface area contributed by atoms with Gasteiger partial charge in [-0.05, 0) is 25.2 Å². The maximum absolute atomic E-state index is 12.6. The van der Waals surface area contributed by atoms with E-state index in [1.54, 1.807) is 0 Å². The van der Waals surface area contributed by atoms with Gasteiger partial charge in [-0.3, -0.25) is 14.4 Å². The monoisotopic (exact) mass is 695 g/mol. The van der Waals surface area contributed by atoms with Gasteiger partial charge in [0.1, 0.15) is 13.2 Å². The number of hydrogen-bond donors (Lipinski definition) is 0. The van der Waals surface area contributed by atoms with Crippen molar-refractivity contribution in [3.05, 3.63) is 0 Å². The Morgan fingerprint density at radius 1 is 0.408 bits per heavy atom. The van der Waals surface area contributed by atoms with Crippen molar-refractivity contribution in [2.24, 2.45) is 5.92 Å². The lowest BCUT2D eigenvalue weighted by atomic mass is 10.00. The highest BCUT2D eigenvalue weighted by atomic mass is 16.6. The van der Waals surface area contributed by atoms with Crippen LogP contribution >= 0.6 is 0 Å². The van der Waals surface area contributed by atoms with Gasteiger partial charge in [-0.1, -0.05) is 195 Å². The van der Waals surface area contributed by atoms with Gasteiger partial charge in [-0.25, -0.2) is 0 Å². The molecule has 0 aromatic carbocycles. The molecule has 0 aromatic heterocycles. The SMILES string of the molecule is CCCCCCCCCCCCCCCCCCC(=O)O[C@@H](COC(=O)CCCCCCC)COC(=O)CCCCCCCCC(C)CC. The van der Waals surface area contributed by atoms with Crippen LogP contribution in [0.3, 0.4) is 0 Å². The predicted molar refractivity (Wildman–Crippen MR) is 206 cm³/mol. The smallest absolute Gasteiger partial charge is 0.306 e. The molecule has 1 unspecified atom stereocenters. The van der Waals surface area contributed by atoms with Gasteiger partial charge in [0, 0.05) is 19.3 Å². The second-order valence-electron chi connectivity index (χ2n) is 14.9. The Bertz CT molecular complexity index is 738. The molecule has 0 saturated carbocycles. The summed E-state index contributed by atoms with van der Waals surface area (Å²) in [5.74, 6) is -0.0604. The topological polar surface area (TPSA) is 78.9 Å². The third-order valence-corrected chi connectivity index (χ3v) is 9.90. The second kappa shape index (κ2) is 37.7. The molecule has 0 spiro atoms. The third kappa shape index (κ3) is 36.0. The Kier molecular flexibility index (Phi) is 36.4. The molecule has 0 bridgehead atoms. The van der Waals surface area contributed by atoms with Crippen molar-refractivity contribution in [3.63, 3.8) is 0 Å². The van der Waals surface area contributed by atoms with E-state index in [0.29, 0.717) is 19.3 Å². The predicted octanol–water partition coefficient (Wildman–Crippen LogP) is 13.2. The van der Waals surface area contributed by atoms with E-state index in [4.69, 9.17) is 14.2 Å². The molecule has 0 aliphatic heterocycles. The fourth-order valence-corrected chi connectivity index (χ4v) is 6.24. The average Bonchev–Trinajstić information content (AvgIpc) is 3.10. The molecule has 0 heterocycles. The Morgan fingerprint density at radius 3 is 1.06 bits per heavy atom. The highest BCUT2D eigenvalue weighted by molar-refractivity contribution is 5.71. The lowest BCUT2D eigenvalue weighted by Gasteiger charge is -2.18. The number of hydrogen-bond acceptors (Lipinski definition) is 6. The summed E-state index contributed by atoms with van der Waals surface area (Å²) in [6.45, 7) is 8.88. The normalized spacial score (nSPS) is 12.5. The molecule has 6 heteroatoms. The minimum Gasteiger partial charge on any atom is -0.462 e. The van der Waals surface area contributed by atoms with E-state index in [0.717, 1.165) is 70.1 Å². The zero-order valence-electron chi connectivity index (χ0n) is 33.1. The molecule has 2 atom stereocenters. The Balaban J connectivity index is 4.20. The second-order valence-corrected chi connectivity index (χ2v) is 14.9. The standard InChI is InChI=1S/C43H82O6/c1-5-8-10-12-13-14-15-16-17-18-19-20-21-22-28-32-36-43(46)49-40(37-47-41(44)34-30-25-11-9-6-2)38-48-42(45)35-31-27-24-23-26-29-33-39(4)7-3/h39-40H,5-38H2,1-4H3/t39?,40-/m0/s1. The molecule has 0 N–H and O–H groups in total. The highest BCUT2D eigenvalue weighted by Crippen LogP contribution is 2.16. The lowest BCUT2D eigenvalue weighted by Crippen LogP contribution is -2.30. The number of esters is 3. The van der Waals surface area contributed by atoms with E-state index in [1.807, 2.05) is 0 Å². The first-order valence-corrected chi connectivity index (χ1v) is 21.4. The van der Waals surface area contributed by atoms with Crippen LogP contribution in [0.1, 0.15) is 233 Å². The first-order valence-electron chi connectivity index (χ1n) is 21.4. The van der Waals surface area contributed by atoms with Crippen LogP contribution in [0.2, 0.25) is 0 Å². The average molecular weight is 695 g/mol. The van der Waals surface area contributed by atoms with Gasteiger partial charge >= 0.3 is 17.9 Å². The van der Waals surface area contributed by atoms with Crippen molar-refractivity contribution >= 4 is 17.9 Å². The van der Waals surface area contributed by atoms with Crippen molar-refractivity contribution in [3.8, 4) is 0 Å². The van der Waals surface area contributed by atoms with Crippen LogP contribution in [0, 0.1) is 5.92 Å². The molecule has 0 radical (unpaired) electrons. The summed E-state index contributed by atoms with van der Waals surface area (Å²) in [7, 11) is 0. The van der Waals surface area contributed by atoms with Crippen LogP contribution in [0.25, 0.3) is 0 Å². The molecule has 0 rings (SSSR count). The molecule has 0 amide bonds. The summed E-state index contributed by atoms with van der Waals surface area (Å²) in [5.41, 5.74) is 0. The molecule has 0 saturated heterocycles. The maximum atomic E-state index is 12.6. The van der Waals surface area contributed by atoms with Gasteiger partial charge < -0.3 is 14.2 Å². The summed E-state index contributed by atoms with van der Waals surface area (Å²) in [5, 5.41) is 0. The summed E-state index contributed by atoms with van der Waals surface area (Å²) in [6, 6.07) is 0. The Morgan fingerprint density at radius 2 is 0.714 bits per heavy atom. The van der Waals surface area contributed by atoms with E-state index in [-0.39, 0.29) is 31.1 Å². The lowest BCUT2D eigenvalue weighted by molar-refractivity contribution is -0.167. The van der Waals surface area contributed by atoms with E-state index < -0.39 is 6.10 Å². The van der Waals surface area contributed by atoms with Gasteiger partial charge in [0.05, 0.1) is 0 Å². The summed E-state index contributed by atoms with van der Waals surface area (Å²) < 4.78 is 16.6. The van der Waals surface area contributed by atoms with Crippen LogP contribution in [0.15, 0.2) is 0 Å². The van der Waals surface area contributed by atoms with Crippen LogP contribution < -0.4 is 0 Å². The van der Waals surface area contributed by atoms with Gasteiger partial charge in [0.15, 0.2) is 6.10 Å². The number of ether oxygens (including phenoxy) is 3. The summed E-state index contributed by atoms with van der Waals surface area (Å²) in [6.07, 6.45) is 35.5. The third-order valence-electron chi connectivity index (χ3n) is 9.90. The number of rotatable bonds is 38. The van der Waals surface area contributed by atoms with Gasteiger partial charge in [0.2, 0.25) is 0 Å². The molecule has 0 aliphatic carbocycles. The minimum atomic E-state index is -0.757. The molecular formula is C43H82O6. The fraction of sp³-hybridized carbons (Fsp3) is 0.930. The Hall–Kier alpha value is -1.59. The number of unbranched alkanes of at least 4 members (excludes halogenated alkanes) is 24. The first-order chi connectivity index (χ1) is 23.9. The van der Waals surface area contributed by atoms with Crippen molar-refractivity contribution in [2.75, 3.05) is 13.2 Å². The maximum Gasteiger partial charge on any atom is 0.306 e. The molecule has 6 nitrogen and oxygen atoms in total. The minimum absolute atomic E-state index is 0.0665. The molecule has 0 fully saturated rings. The largest absolute Gasteiger partial charge is 0.462 e. The van der Waals surface area contributed by atoms with E-state index in [9.17, 15) is 14.4 Å².